The van der Waals surface area contributed by atoms with Crippen molar-refractivity contribution in [2.75, 3.05) is 0 Å². The van der Waals surface area contributed by atoms with Gasteiger partial charge in [-0.2, -0.15) is 0 Å². The predicted molar refractivity (Wildman–Crippen MR) is 81.0 cm³/mol. The highest BCUT2D eigenvalue weighted by atomic mass is 14.3. The van der Waals surface area contributed by atoms with Gasteiger partial charge in [0.15, 0.2) is 0 Å². The maximum absolute atomic E-state index is 2.35. The van der Waals surface area contributed by atoms with Crippen molar-refractivity contribution in [2.45, 2.75) is 40.5 Å². The smallest absolute Gasteiger partial charge is 0.00840 e. The minimum atomic E-state index is 0.290. The van der Waals surface area contributed by atoms with Crippen LogP contribution < -0.4 is 0 Å². The molecule has 0 bridgehead atoms. The lowest BCUT2D eigenvalue weighted by molar-refractivity contribution is 0.260. The van der Waals surface area contributed by atoms with Crippen molar-refractivity contribution in [3.05, 3.63) is 48.0 Å². The van der Waals surface area contributed by atoms with Crippen LogP contribution in [0.15, 0.2) is 42.5 Å². The minimum absolute atomic E-state index is 0.290. The molecule has 2 aromatic rings. The molecule has 0 nitrogen and oxygen atoms in total. The highest BCUT2D eigenvalue weighted by Crippen LogP contribution is 2.42. The first kappa shape index (κ1) is 13.1. The third-order valence-electron chi connectivity index (χ3n) is 3.76. The molecule has 1 atom stereocenters. The Kier molecular flexibility index (Phi) is 3.47. The van der Waals surface area contributed by atoms with Crippen molar-refractivity contribution in [3.63, 3.8) is 0 Å². The predicted octanol–water partition coefficient (Wildman–Crippen LogP) is 5.63. The van der Waals surface area contributed by atoms with E-state index in [1.165, 1.54) is 16.3 Å². The largest absolute Gasteiger partial charge is 0.0622 e. The summed E-state index contributed by atoms with van der Waals surface area (Å²) in [6.07, 6.45) is 0. The van der Waals surface area contributed by atoms with Gasteiger partial charge < -0.3 is 0 Å². The van der Waals surface area contributed by atoms with Crippen molar-refractivity contribution in [2.24, 2.45) is 11.3 Å². The van der Waals surface area contributed by atoms with Gasteiger partial charge in [-0.25, -0.2) is 0 Å². The summed E-state index contributed by atoms with van der Waals surface area (Å²) in [5.41, 5.74) is 1.79. The van der Waals surface area contributed by atoms with E-state index in [-0.39, 0.29) is 5.41 Å². The van der Waals surface area contributed by atoms with E-state index in [4.69, 9.17) is 0 Å². The second-order valence-corrected chi connectivity index (χ2v) is 6.66. The zero-order valence-corrected chi connectivity index (χ0v) is 12.2. The van der Waals surface area contributed by atoms with E-state index >= 15 is 0 Å². The summed E-state index contributed by atoms with van der Waals surface area (Å²) in [5.74, 6) is 1.24. The molecule has 1 unspecified atom stereocenters. The van der Waals surface area contributed by atoms with Gasteiger partial charge in [0.05, 0.1) is 0 Å². The van der Waals surface area contributed by atoms with E-state index in [1.807, 2.05) is 0 Å². The summed E-state index contributed by atoms with van der Waals surface area (Å²) in [6.45, 7) is 11.7. The molecule has 2 aromatic carbocycles. The van der Waals surface area contributed by atoms with Crippen LogP contribution in [0.25, 0.3) is 10.8 Å². The van der Waals surface area contributed by atoms with Gasteiger partial charge in [-0.15, -0.1) is 0 Å². The third kappa shape index (κ3) is 2.43. The lowest BCUT2D eigenvalue weighted by atomic mass is 9.69. The quantitative estimate of drug-likeness (QED) is 0.638. The summed E-state index contributed by atoms with van der Waals surface area (Å²) >= 11 is 0. The Morgan fingerprint density at radius 3 is 2.06 bits per heavy atom. The summed E-state index contributed by atoms with van der Waals surface area (Å²) in [5, 5.41) is 2.76. The van der Waals surface area contributed by atoms with Crippen molar-refractivity contribution in [1.29, 1.82) is 0 Å². The molecule has 0 spiro atoms. The Labute approximate surface area is 111 Å². The Morgan fingerprint density at radius 1 is 0.833 bits per heavy atom. The molecular formula is C18H24. The van der Waals surface area contributed by atoms with E-state index in [9.17, 15) is 0 Å². The molecule has 2 rings (SSSR count). The molecular weight excluding hydrogens is 216 g/mol. The van der Waals surface area contributed by atoms with Crippen LogP contribution >= 0.6 is 0 Å². The molecule has 0 aliphatic carbocycles. The van der Waals surface area contributed by atoms with Crippen molar-refractivity contribution in [3.8, 4) is 0 Å². The molecule has 0 radical (unpaired) electrons. The second kappa shape index (κ2) is 4.76. The number of fused-ring (bicyclic) bond motifs is 1. The van der Waals surface area contributed by atoms with Gasteiger partial charge in [-0.3, -0.25) is 0 Å². The van der Waals surface area contributed by atoms with E-state index in [2.05, 4.69) is 77.1 Å². The van der Waals surface area contributed by atoms with Crippen LogP contribution in [0.1, 0.15) is 46.1 Å². The van der Waals surface area contributed by atoms with Crippen molar-refractivity contribution >= 4 is 10.8 Å². The van der Waals surface area contributed by atoms with Crippen molar-refractivity contribution in [1.82, 2.24) is 0 Å². The van der Waals surface area contributed by atoms with E-state index in [0.29, 0.717) is 11.8 Å². The van der Waals surface area contributed by atoms with Gasteiger partial charge in [0.2, 0.25) is 0 Å². The van der Waals surface area contributed by atoms with Crippen LogP contribution in [0, 0.1) is 11.3 Å². The Bertz CT molecular complexity index is 524. The molecule has 18 heavy (non-hydrogen) atoms. The first-order chi connectivity index (χ1) is 8.41. The second-order valence-electron chi connectivity index (χ2n) is 6.66. The van der Waals surface area contributed by atoms with Crippen LogP contribution in [-0.4, -0.2) is 0 Å². The molecule has 0 amide bonds. The highest BCUT2D eigenvalue weighted by molar-refractivity contribution is 5.86. The summed E-state index contributed by atoms with van der Waals surface area (Å²) in [7, 11) is 0. The molecule has 0 saturated heterocycles. The topological polar surface area (TPSA) is 0 Å². The van der Waals surface area contributed by atoms with Gasteiger partial charge in [-0.1, -0.05) is 77.1 Å². The van der Waals surface area contributed by atoms with Crippen LogP contribution in [0.3, 0.4) is 0 Å². The average molecular weight is 240 g/mol. The highest BCUT2D eigenvalue weighted by Gasteiger charge is 2.29. The Hall–Kier alpha value is -1.30. The van der Waals surface area contributed by atoms with Gasteiger partial charge in [-0.05, 0) is 33.6 Å². The lowest BCUT2D eigenvalue weighted by Crippen LogP contribution is -2.23. The van der Waals surface area contributed by atoms with Gasteiger partial charge >= 0.3 is 0 Å². The SMILES string of the molecule is CC(C)C(c1cccc2ccccc12)C(C)(C)C. The molecule has 0 heteroatoms. The maximum Gasteiger partial charge on any atom is -0.00840 e. The molecule has 0 heterocycles. The first-order valence-electron chi connectivity index (χ1n) is 6.89. The molecule has 0 fully saturated rings. The number of rotatable bonds is 2. The average Bonchev–Trinajstić information content (AvgIpc) is 2.27. The fourth-order valence-electron chi connectivity index (χ4n) is 3.35. The van der Waals surface area contributed by atoms with Gasteiger partial charge in [0, 0.05) is 0 Å². The van der Waals surface area contributed by atoms with Crippen molar-refractivity contribution < 1.29 is 0 Å². The monoisotopic (exact) mass is 240 g/mol. The summed E-state index contributed by atoms with van der Waals surface area (Å²) in [6, 6.07) is 15.4. The zero-order valence-electron chi connectivity index (χ0n) is 12.2. The fourth-order valence-corrected chi connectivity index (χ4v) is 3.35. The molecule has 96 valence electrons. The maximum atomic E-state index is 2.35. The molecule has 0 saturated carbocycles. The van der Waals surface area contributed by atoms with Crippen LogP contribution in [0.4, 0.5) is 0 Å². The molecule has 0 aromatic heterocycles. The van der Waals surface area contributed by atoms with Crippen LogP contribution in [-0.2, 0) is 0 Å². The van der Waals surface area contributed by atoms with Crippen LogP contribution in [0.5, 0.6) is 0 Å². The first-order valence-corrected chi connectivity index (χ1v) is 6.89. The van der Waals surface area contributed by atoms with E-state index in [0.717, 1.165) is 0 Å². The summed E-state index contributed by atoms with van der Waals surface area (Å²) < 4.78 is 0. The zero-order chi connectivity index (χ0) is 13.3. The van der Waals surface area contributed by atoms with Crippen LogP contribution in [0.2, 0.25) is 0 Å². The number of hydrogen-bond donors (Lipinski definition) is 0. The normalized spacial score (nSPS) is 14.1. The summed E-state index contributed by atoms with van der Waals surface area (Å²) in [4.78, 5) is 0. The Morgan fingerprint density at radius 2 is 1.44 bits per heavy atom. The van der Waals surface area contributed by atoms with Gasteiger partial charge in [0.25, 0.3) is 0 Å². The van der Waals surface area contributed by atoms with E-state index < -0.39 is 0 Å². The molecule has 0 aliphatic heterocycles. The standard InChI is InChI=1S/C18H24/c1-13(2)17(18(3,4)5)16-12-8-10-14-9-6-7-11-15(14)16/h6-13,17H,1-5H3. The Balaban J connectivity index is 2.65. The lowest BCUT2D eigenvalue weighted by Gasteiger charge is -2.35. The fraction of sp³-hybridized carbons (Fsp3) is 0.444. The van der Waals surface area contributed by atoms with E-state index in [1.54, 1.807) is 0 Å². The number of hydrogen-bond acceptors (Lipinski definition) is 0. The molecule has 0 aliphatic rings. The van der Waals surface area contributed by atoms with Gasteiger partial charge in [0.1, 0.15) is 0 Å². The molecule has 0 N–H and O–H groups in total. The minimum Gasteiger partial charge on any atom is -0.0622 e. The third-order valence-corrected chi connectivity index (χ3v) is 3.76. The number of benzene rings is 2.